The summed E-state index contributed by atoms with van der Waals surface area (Å²) >= 11 is 0. The van der Waals surface area contributed by atoms with E-state index in [1.807, 2.05) is 6.92 Å². The fourth-order valence-corrected chi connectivity index (χ4v) is 4.61. The summed E-state index contributed by atoms with van der Waals surface area (Å²) < 4.78 is 0. The van der Waals surface area contributed by atoms with Crippen LogP contribution in [0.4, 0.5) is 11.4 Å². The molecule has 0 amide bonds. The molecule has 0 heterocycles. The quantitative estimate of drug-likeness (QED) is 0.544. The Bertz CT molecular complexity index is 648. The molecule has 0 saturated heterocycles. The largest absolute Gasteiger partial charge is 0.481 e. The van der Waals surface area contributed by atoms with Gasteiger partial charge in [0.2, 0.25) is 0 Å². The van der Waals surface area contributed by atoms with E-state index in [4.69, 9.17) is 0 Å². The Balaban J connectivity index is 1.91. The van der Waals surface area contributed by atoms with Crippen molar-refractivity contribution in [2.75, 3.05) is 16.8 Å². The fraction of sp³-hybridized carbons (Fsp3) is 0.708. The summed E-state index contributed by atoms with van der Waals surface area (Å²) in [7, 11) is 0. The number of nitrogens with one attached hydrogen (secondary N) is 1. The van der Waals surface area contributed by atoms with Gasteiger partial charge in [-0.05, 0) is 61.6 Å². The van der Waals surface area contributed by atoms with Crippen LogP contribution in [0.2, 0.25) is 0 Å². The van der Waals surface area contributed by atoms with Crippen molar-refractivity contribution in [2.45, 2.75) is 96.6 Å². The van der Waals surface area contributed by atoms with E-state index in [1.165, 1.54) is 62.7 Å². The number of hydrogen-bond acceptors (Lipinski definition) is 3. The minimum Gasteiger partial charge on any atom is -0.481 e. The Labute approximate surface area is 170 Å². The third kappa shape index (κ3) is 5.42. The van der Waals surface area contributed by atoms with Crippen molar-refractivity contribution in [2.24, 2.45) is 5.92 Å². The minimum absolute atomic E-state index is 0.0294. The van der Waals surface area contributed by atoms with Crippen LogP contribution in [0.1, 0.15) is 90.0 Å². The highest BCUT2D eigenvalue weighted by Gasteiger charge is 2.26. The standard InChI is InChI=1S/C24H38N2O2/c1-17(2)16-26(21-10-5-4-6-11-21)23-13-12-19(18(3)14-24(27)28)15-22(23)25-20-8-7-9-20/h12-13,15,17-18,20-21,25H,4-11,14,16H2,1-3H3,(H,27,28). The molecule has 1 aromatic rings. The molecule has 0 aromatic heterocycles. The number of aliphatic carboxylic acids is 1. The topological polar surface area (TPSA) is 52.6 Å². The van der Waals surface area contributed by atoms with Crippen molar-refractivity contribution < 1.29 is 9.90 Å². The maximum Gasteiger partial charge on any atom is 0.303 e. The molecular weight excluding hydrogens is 348 g/mol. The zero-order valence-corrected chi connectivity index (χ0v) is 17.9. The van der Waals surface area contributed by atoms with Gasteiger partial charge in [0.25, 0.3) is 0 Å². The SMILES string of the molecule is CC(C)CN(c1ccc(C(C)CC(=O)O)cc1NC1CCC1)C1CCCCC1. The Morgan fingerprint density at radius 2 is 1.82 bits per heavy atom. The first kappa shape index (κ1) is 21.0. The van der Waals surface area contributed by atoms with Crippen molar-refractivity contribution in [1.82, 2.24) is 0 Å². The maximum atomic E-state index is 11.2. The Hall–Kier alpha value is -1.71. The number of anilines is 2. The number of rotatable bonds is 9. The van der Waals surface area contributed by atoms with Gasteiger partial charge in [-0.25, -0.2) is 0 Å². The van der Waals surface area contributed by atoms with Gasteiger partial charge in [-0.1, -0.05) is 46.1 Å². The van der Waals surface area contributed by atoms with Gasteiger partial charge in [-0.15, -0.1) is 0 Å². The first-order valence-corrected chi connectivity index (χ1v) is 11.3. The molecule has 1 aromatic carbocycles. The highest BCUT2D eigenvalue weighted by atomic mass is 16.4. The average molecular weight is 387 g/mol. The third-order valence-electron chi connectivity index (χ3n) is 6.42. The fourth-order valence-electron chi connectivity index (χ4n) is 4.61. The van der Waals surface area contributed by atoms with Crippen LogP contribution in [0.5, 0.6) is 0 Å². The Kier molecular flexibility index (Phi) is 7.25. The molecule has 0 aliphatic heterocycles. The van der Waals surface area contributed by atoms with Crippen LogP contribution < -0.4 is 10.2 Å². The van der Waals surface area contributed by atoms with Gasteiger partial charge in [0.1, 0.15) is 0 Å². The van der Waals surface area contributed by atoms with E-state index in [9.17, 15) is 9.90 Å². The second-order valence-corrected chi connectivity index (χ2v) is 9.39. The van der Waals surface area contributed by atoms with Crippen molar-refractivity contribution >= 4 is 17.3 Å². The lowest BCUT2D eigenvalue weighted by Crippen LogP contribution is -2.40. The molecule has 4 heteroatoms. The Morgan fingerprint density at radius 1 is 1.11 bits per heavy atom. The molecule has 2 aliphatic rings. The summed E-state index contributed by atoms with van der Waals surface area (Å²) in [5.41, 5.74) is 3.66. The van der Waals surface area contributed by atoms with Gasteiger partial charge in [-0.3, -0.25) is 4.79 Å². The van der Waals surface area contributed by atoms with Gasteiger partial charge < -0.3 is 15.3 Å². The van der Waals surface area contributed by atoms with E-state index in [2.05, 4.69) is 42.3 Å². The molecule has 1 unspecified atom stereocenters. The Morgan fingerprint density at radius 3 is 2.39 bits per heavy atom. The molecule has 2 saturated carbocycles. The maximum absolute atomic E-state index is 11.2. The smallest absolute Gasteiger partial charge is 0.303 e. The molecule has 0 bridgehead atoms. The van der Waals surface area contributed by atoms with Gasteiger partial charge in [0.05, 0.1) is 17.8 Å². The summed E-state index contributed by atoms with van der Waals surface area (Å²) in [6.07, 6.45) is 10.6. The van der Waals surface area contributed by atoms with Crippen LogP contribution in [0, 0.1) is 5.92 Å². The number of hydrogen-bond donors (Lipinski definition) is 2. The summed E-state index contributed by atoms with van der Waals surface area (Å²) in [4.78, 5) is 13.8. The van der Waals surface area contributed by atoms with Crippen LogP contribution in [-0.2, 0) is 4.79 Å². The molecule has 2 aliphatic carbocycles. The second-order valence-electron chi connectivity index (χ2n) is 9.39. The zero-order valence-electron chi connectivity index (χ0n) is 17.9. The van der Waals surface area contributed by atoms with E-state index in [0.717, 1.165) is 12.1 Å². The summed E-state index contributed by atoms with van der Waals surface area (Å²) in [5, 5.41) is 13.0. The first-order chi connectivity index (χ1) is 13.4. The van der Waals surface area contributed by atoms with E-state index in [1.54, 1.807) is 0 Å². The normalized spacial score (nSPS) is 19.3. The van der Waals surface area contributed by atoms with Gasteiger partial charge in [0.15, 0.2) is 0 Å². The van der Waals surface area contributed by atoms with Crippen molar-refractivity contribution in [3.05, 3.63) is 23.8 Å². The first-order valence-electron chi connectivity index (χ1n) is 11.3. The van der Waals surface area contributed by atoms with Crippen LogP contribution in [0.25, 0.3) is 0 Å². The van der Waals surface area contributed by atoms with Crippen molar-refractivity contribution in [1.29, 1.82) is 0 Å². The minimum atomic E-state index is -0.728. The van der Waals surface area contributed by atoms with Crippen molar-refractivity contribution in [3.63, 3.8) is 0 Å². The van der Waals surface area contributed by atoms with Crippen LogP contribution in [-0.4, -0.2) is 29.7 Å². The lowest BCUT2D eigenvalue weighted by molar-refractivity contribution is -0.137. The van der Waals surface area contributed by atoms with Crippen LogP contribution in [0.15, 0.2) is 18.2 Å². The van der Waals surface area contributed by atoms with Gasteiger partial charge in [0, 0.05) is 18.6 Å². The van der Waals surface area contributed by atoms with Crippen LogP contribution in [0.3, 0.4) is 0 Å². The van der Waals surface area contributed by atoms with E-state index >= 15 is 0 Å². The van der Waals surface area contributed by atoms with Gasteiger partial charge >= 0.3 is 5.97 Å². The summed E-state index contributed by atoms with van der Waals surface area (Å²) in [6.45, 7) is 7.70. The lowest BCUT2D eigenvalue weighted by Gasteiger charge is -2.40. The molecule has 0 radical (unpaired) electrons. The lowest BCUT2D eigenvalue weighted by atomic mass is 9.90. The molecule has 4 nitrogen and oxygen atoms in total. The van der Waals surface area contributed by atoms with Gasteiger partial charge in [-0.2, -0.15) is 0 Å². The average Bonchev–Trinajstić information content (AvgIpc) is 2.63. The van der Waals surface area contributed by atoms with Crippen molar-refractivity contribution in [3.8, 4) is 0 Å². The molecule has 28 heavy (non-hydrogen) atoms. The molecule has 3 rings (SSSR count). The molecule has 2 fully saturated rings. The number of benzene rings is 1. The molecular formula is C24H38N2O2. The van der Waals surface area contributed by atoms with E-state index < -0.39 is 5.97 Å². The number of carboxylic acids is 1. The van der Waals surface area contributed by atoms with E-state index in [0.29, 0.717) is 18.0 Å². The molecule has 0 spiro atoms. The molecule has 1 atom stereocenters. The zero-order chi connectivity index (χ0) is 20.1. The number of carboxylic acid groups (broad SMARTS) is 1. The number of nitrogens with zero attached hydrogens (tertiary/aromatic N) is 1. The highest BCUT2D eigenvalue weighted by Crippen LogP contribution is 2.37. The summed E-state index contributed by atoms with van der Waals surface area (Å²) in [5.74, 6) is -0.0838. The van der Waals surface area contributed by atoms with E-state index in [-0.39, 0.29) is 12.3 Å². The van der Waals surface area contributed by atoms with Crippen LogP contribution >= 0.6 is 0 Å². The highest BCUT2D eigenvalue weighted by molar-refractivity contribution is 5.73. The monoisotopic (exact) mass is 386 g/mol. The predicted octanol–water partition coefficient (Wildman–Crippen LogP) is 6.02. The predicted molar refractivity (Wildman–Crippen MR) is 117 cm³/mol. The summed E-state index contributed by atoms with van der Waals surface area (Å²) in [6, 6.07) is 7.84. The second kappa shape index (κ2) is 9.67. The number of carbonyl (C=O) groups is 1. The molecule has 156 valence electrons. The molecule has 2 N–H and O–H groups in total. The third-order valence-corrected chi connectivity index (χ3v) is 6.42.